The molecule has 0 unspecified atom stereocenters. The minimum atomic E-state index is -0.578. The summed E-state index contributed by atoms with van der Waals surface area (Å²) in [4.78, 5) is 25.2. The van der Waals surface area contributed by atoms with Crippen molar-refractivity contribution in [2.24, 2.45) is 0 Å². The Bertz CT molecular complexity index is 159. The van der Waals surface area contributed by atoms with Crippen LogP contribution < -0.4 is 0 Å². The van der Waals surface area contributed by atoms with Crippen molar-refractivity contribution in [2.75, 3.05) is 14.2 Å². The number of rotatable bonds is 2. The van der Waals surface area contributed by atoms with E-state index in [0.29, 0.717) is 0 Å². The summed E-state index contributed by atoms with van der Waals surface area (Å²) in [6.45, 7) is 0. The van der Waals surface area contributed by atoms with E-state index in [-0.39, 0.29) is 21.1 Å². The third-order valence-electron chi connectivity index (χ3n) is 0.758. The Morgan fingerprint density at radius 3 is 1.38 bits per heavy atom. The second kappa shape index (κ2) is 11.5. The second-order valence-corrected chi connectivity index (χ2v) is 4.73. The van der Waals surface area contributed by atoms with Crippen LogP contribution in [0.15, 0.2) is 12.2 Å². The molecular weight excluding hydrogens is 279 g/mol. The van der Waals surface area contributed by atoms with E-state index < -0.39 is 11.9 Å². The van der Waals surface area contributed by atoms with E-state index in [9.17, 15) is 9.59 Å². The summed E-state index contributed by atoms with van der Waals surface area (Å²) in [5.41, 5.74) is 0. The Balaban J connectivity index is 0. The van der Waals surface area contributed by atoms with Crippen LogP contribution in [0.4, 0.5) is 0 Å². The van der Waals surface area contributed by atoms with Crippen LogP contribution in [-0.2, 0) is 19.1 Å². The normalized spacial score (nSPS) is 8.62. The van der Waals surface area contributed by atoms with E-state index in [0.717, 1.165) is 12.2 Å². The fourth-order valence-electron chi connectivity index (χ4n) is 0.272. The van der Waals surface area contributed by atoms with Crippen molar-refractivity contribution in [3.8, 4) is 0 Å². The van der Waals surface area contributed by atoms with Crippen LogP contribution in [0.2, 0.25) is 9.88 Å². The predicted molar refractivity (Wildman–Crippen MR) is 50.7 cm³/mol. The van der Waals surface area contributed by atoms with Crippen molar-refractivity contribution in [1.82, 2.24) is 0 Å². The number of ether oxygens (including phenoxy) is 2. The van der Waals surface area contributed by atoms with E-state index in [1.807, 2.05) is 0 Å². The molecule has 0 fully saturated rings. The molecule has 0 aromatic rings. The van der Waals surface area contributed by atoms with Gasteiger partial charge in [-0.1, -0.05) is 0 Å². The molecule has 0 N–H and O–H groups in total. The molecule has 74 valence electrons. The Kier molecular flexibility index (Phi) is 13.2. The average molecular weight is 293 g/mol. The molecule has 0 aliphatic rings. The van der Waals surface area contributed by atoms with E-state index >= 15 is 0 Å². The van der Waals surface area contributed by atoms with Crippen molar-refractivity contribution in [3.63, 3.8) is 0 Å². The first-order valence-corrected chi connectivity index (χ1v) is 9.25. The van der Waals surface area contributed by atoms with Gasteiger partial charge in [-0.25, -0.2) is 9.59 Å². The molecule has 0 saturated heterocycles. The average Bonchev–Trinajstić information content (AvgIpc) is 2.14. The summed E-state index contributed by atoms with van der Waals surface area (Å²) >= 11 is 0.230. The van der Waals surface area contributed by atoms with Crippen molar-refractivity contribution in [3.05, 3.63) is 12.2 Å². The number of hydrogen-bond donors (Lipinski definition) is 0. The van der Waals surface area contributed by atoms with E-state index in [2.05, 4.69) is 19.4 Å². The van der Waals surface area contributed by atoms with Crippen molar-refractivity contribution in [2.45, 2.75) is 9.88 Å². The molecule has 0 heterocycles. The Labute approximate surface area is 88.5 Å². The molecule has 2 radical (unpaired) electrons. The summed E-state index contributed by atoms with van der Waals surface area (Å²) in [5.74, 6) is -1.16. The van der Waals surface area contributed by atoms with Gasteiger partial charge in [-0.2, -0.15) is 0 Å². The van der Waals surface area contributed by atoms with Crippen molar-refractivity contribution in [1.29, 1.82) is 0 Å². The molecular formula is C8H14O4Sn. The van der Waals surface area contributed by atoms with Crippen LogP contribution in [0.3, 0.4) is 0 Å². The minimum absolute atomic E-state index is 0.230. The van der Waals surface area contributed by atoms with Crippen molar-refractivity contribution >= 4 is 33.1 Å². The molecule has 0 saturated carbocycles. The van der Waals surface area contributed by atoms with Gasteiger partial charge in [-0.05, 0) is 0 Å². The molecule has 13 heavy (non-hydrogen) atoms. The van der Waals surface area contributed by atoms with Crippen LogP contribution in [0.25, 0.3) is 0 Å². The van der Waals surface area contributed by atoms with Gasteiger partial charge in [0.1, 0.15) is 0 Å². The number of esters is 2. The maximum absolute atomic E-state index is 10.3. The van der Waals surface area contributed by atoms with Crippen LogP contribution in [0.5, 0.6) is 0 Å². The molecule has 0 aliphatic carbocycles. The molecule has 4 nitrogen and oxygen atoms in total. The van der Waals surface area contributed by atoms with Gasteiger partial charge >= 0.3 is 43.0 Å². The van der Waals surface area contributed by atoms with Crippen LogP contribution in [-0.4, -0.2) is 47.3 Å². The Morgan fingerprint density at radius 1 is 1.00 bits per heavy atom. The van der Waals surface area contributed by atoms with E-state index in [4.69, 9.17) is 0 Å². The Morgan fingerprint density at radius 2 is 1.23 bits per heavy atom. The molecule has 0 amide bonds. The summed E-state index contributed by atoms with van der Waals surface area (Å²) in [5, 5.41) is 0. The molecule has 0 rings (SSSR count). The first kappa shape index (κ1) is 15.0. The predicted octanol–water partition coefficient (Wildman–Crippen LogP) is 0.675. The van der Waals surface area contributed by atoms with E-state index in [1.54, 1.807) is 0 Å². The zero-order valence-electron chi connectivity index (χ0n) is 8.29. The molecule has 0 aromatic carbocycles. The van der Waals surface area contributed by atoms with Crippen LogP contribution >= 0.6 is 0 Å². The molecule has 0 aliphatic heterocycles. The quantitative estimate of drug-likeness (QED) is 0.427. The number of carbonyl (C=O) groups excluding carboxylic acids is 2. The van der Waals surface area contributed by atoms with Crippen LogP contribution in [0.1, 0.15) is 0 Å². The fraction of sp³-hybridized carbons (Fsp3) is 0.500. The SMILES string of the molecule is COC(=O)/C=C\C(=O)OC.[CH3][Sn][CH3]. The first-order chi connectivity index (χ1) is 6.12. The maximum atomic E-state index is 10.3. The van der Waals surface area contributed by atoms with Gasteiger partial charge in [0.05, 0.1) is 14.2 Å². The first-order valence-electron chi connectivity index (χ1n) is 3.54. The summed E-state index contributed by atoms with van der Waals surface area (Å²) in [7, 11) is 2.45. The topological polar surface area (TPSA) is 52.6 Å². The number of methoxy groups -OCH3 is 2. The standard InChI is InChI=1S/C6H8O4.2CH3.Sn/c1-9-5(7)3-4-6(8)10-2;;;/h3-4H,1-2H3;2*1H3;/b4-3-;;;. The van der Waals surface area contributed by atoms with Crippen LogP contribution in [0, 0.1) is 0 Å². The molecule has 0 aromatic heterocycles. The van der Waals surface area contributed by atoms with Gasteiger partial charge in [0.15, 0.2) is 0 Å². The third kappa shape index (κ3) is 14.3. The third-order valence-corrected chi connectivity index (χ3v) is 0.758. The fourth-order valence-corrected chi connectivity index (χ4v) is 0.272. The number of hydrogen-bond acceptors (Lipinski definition) is 4. The van der Waals surface area contributed by atoms with Gasteiger partial charge < -0.3 is 9.47 Å². The summed E-state index contributed by atoms with van der Waals surface area (Å²) < 4.78 is 8.42. The summed E-state index contributed by atoms with van der Waals surface area (Å²) in [6.07, 6.45) is 1.98. The van der Waals surface area contributed by atoms with Gasteiger partial charge in [0.25, 0.3) is 0 Å². The van der Waals surface area contributed by atoms with Gasteiger partial charge in [0.2, 0.25) is 0 Å². The monoisotopic (exact) mass is 294 g/mol. The zero-order chi connectivity index (χ0) is 10.7. The Hall–Kier alpha value is -0.521. The zero-order valence-corrected chi connectivity index (χ0v) is 11.1. The van der Waals surface area contributed by atoms with Gasteiger partial charge in [-0.3, -0.25) is 0 Å². The van der Waals surface area contributed by atoms with Gasteiger partial charge in [0, 0.05) is 12.2 Å². The molecule has 0 spiro atoms. The summed E-state index contributed by atoms with van der Waals surface area (Å²) in [6, 6.07) is 0. The van der Waals surface area contributed by atoms with E-state index in [1.165, 1.54) is 14.2 Å². The molecule has 5 heteroatoms. The second-order valence-electron chi connectivity index (χ2n) is 1.88. The van der Waals surface area contributed by atoms with Crippen molar-refractivity contribution < 1.29 is 19.1 Å². The molecule has 0 bridgehead atoms. The number of carbonyl (C=O) groups is 2. The van der Waals surface area contributed by atoms with Gasteiger partial charge in [-0.15, -0.1) is 0 Å². The molecule has 0 atom stereocenters.